The van der Waals surface area contributed by atoms with Crippen LogP contribution in [0.1, 0.15) is 169 Å². The van der Waals surface area contributed by atoms with Gasteiger partial charge in [-0.2, -0.15) is 0 Å². The van der Waals surface area contributed by atoms with E-state index in [9.17, 15) is 9.59 Å². The van der Waals surface area contributed by atoms with E-state index in [4.69, 9.17) is 9.47 Å². The quantitative estimate of drug-likeness (QED) is 0.109. The minimum Gasteiger partial charge on any atom is -0.368 e. The molecule has 0 N–H and O–H groups in total. The van der Waals surface area contributed by atoms with Crippen LogP contribution in [0.3, 0.4) is 0 Å². The zero-order chi connectivity index (χ0) is 31.5. The van der Waals surface area contributed by atoms with E-state index in [-0.39, 0.29) is 22.4 Å². The third kappa shape index (κ3) is 11.6. The lowest BCUT2D eigenvalue weighted by Crippen LogP contribution is -2.36. The molecule has 0 aromatic heterocycles. The van der Waals surface area contributed by atoms with Crippen LogP contribution in [0.5, 0.6) is 0 Å². The molecule has 0 amide bonds. The lowest BCUT2D eigenvalue weighted by atomic mass is 9.75. The summed E-state index contributed by atoms with van der Waals surface area (Å²) in [7, 11) is 0. The Hall–Kier alpha value is -1.52. The molecule has 236 valence electrons. The van der Waals surface area contributed by atoms with Gasteiger partial charge in [0, 0.05) is 18.6 Å². The molecule has 1 atom stereocenters. The maximum Gasteiger partial charge on any atom is 0.194 e. The van der Waals surface area contributed by atoms with Crippen molar-refractivity contribution in [3.05, 3.63) is 34.9 Å². The maximum absolute atomic E-state index is 13.7. The third-order valence-corrected chi connectivity index (χ3v) is 9.48. The van der Waals surface area contributed by atoms with E-state index in [2.05, 4.69) is 73.6 Å². The number of rotatable bonds is 21. The van der Waals surface area contributed by atoms with E-state index in [0.29, 0.717) is 25.6 Å². The van der Waals surface area contributed by atoms with Gasteiger partial charge >= 0.3 is 0 Å². The van der Waals surface area contributed by atoms with Crippen LogP contribution in [-0.4, -0.2) is 36.0 Å². The SMILES string of the molecule is CCCCC(CC)COC(C)(C)C(=O)CCCCCOC(C)(C)C(=O)c1cc(C(C)(C)CC)cc(C(C)(C)CC)c1. The van der Waals surface area contributed by atoms with Gasteiger partial charge in [-0.15, -0.1) is 0 Å². The summed E-state index contributed by atoms with van der Waals surface area (Å²) < 4.78 is 12.3. The first kappa shape index (κ1) is 37.5. The standard InChI is InChI=1S/C37H64O4/c1-13-17-21-28(14-2)27-41-36(9,10)32(38)22-19-18-20-23-40-37(11,12)33(39)29-24-30(34(5,6)15-3)26-31(25-29)35(7,8)16-4/h24-26,28H,13-23,27H2,1-12H3. The van der Waals surface area contributed by atoms with Gasteiger partial charge in [0.1, 0.15) is 11.2 Å². The Labute approximate surface area is 253 Å². The molecule has 4 heteroatoms. The van der Waals surface area contributed by atoms with Crippen molar-refractivity contribution < 1.29 is 19.1 Å². The molecular formula is C37H64O4. The number of ketones is 2. The maximum atomic E-state index is 13.7. The smallest absolute Gasteiger partial charge is 0.194 e. The number of carbonyl (C=O) groups excluding carboxylic acids is 2. The highest BCUT2D eigenvalue weighted by Gasteiger charge is 2.33. The highest BCUT2D eigenvalue weighted by Crippen LogP contribution is 2.35. The lowest BCUT2D eigenvalue weighted by Gasteiger charge is -2.31. The van der Waals surface area contributed by atoms with E-state index < -0.39 is 11.2 Å². The van der Waals surface area contributed by atoms with Crippen LogP contribution in [0.4, 0.5) is 0 Å². The number of ether oxygens (including phenoxy) is 2. The van der Waals surface area contributed by atoms with Crippen molar-refractivity contribution in [2.45, 2.75) is 169 Å². The lowest BCUT2D eigenvalue weighted by molar-refractivity contribution is -0.142. The van der Waals surface area contributed by atoms with Gasteiger partial charge in [0.2, 0.25) is 0 Å². The fourth-order valence-electron chi connectivity index (χ4n) is 4.86. The van der Waals surface area contributed by atoms with Crippen molar-refractivity contribution in [2.75, 3.05) is 13.2 Å². The van der Waals surface area contributed by atoms with Gasteiger partial charge in [-0.05, 0) is 99.8 Å². The van der Waals surface area contributed by atoms with Crippen molar-refractivity contribution in [3.63, 3.8) is 0 Å². The second-order valence-corrected chi connectivity index (χ2v) is 14.4. The molecule has 0 saturated carbocycles. The topological polar surface area (TPSA) is 52.6 Å². The predicted octanol–water partition coefficient (Wildman–Crippen LogP) is 10.2. The Morgan fingerprint density at radius 2 is 1.27 bits per heavy atom. The van der Waals surface area contributed by atoms with Crippen LogP contribution in [0.2, 0.25) is 0 Å². The number of carbonyl (C=O) groups is 2. The molecule has 0 aliphatic carbocycles. The average molecular weight is 573 g/mol. The van der Waals surface area contributed by atoms with Crippen molar-refractivity contribution >= 4 is 11.6 Å². The minimum absolute atomic E-state index is 0.0103. The van der Waals surface area contributed by atoms with Crippen LogP contribution >= 0.6 is 0 Å². The Kier molecular flexibility index (Phi) is 15.0. The highest BCUT2D eigenvalue weighted by molar-refractivity contribution is 6.02. The summed E-state index contributed by atoms with van der Waals surface area (Å²) in [6.07, 6.45) is 9.67. The first-order valence-electron chi connectivity index (χ1n) is 16.5. The van der Waals surface area contributed by atoms with Gasteiger partial charge in [-0.1, -0.05) is 87.1 Å². The van der Waals surface area contributed by atoms with Crippen LogP contribution < -0.4 is 0 Å². The number of hydrogen-bond acceptors (Lipinski definition) is 4. The molecule has 0 bridgehead atoms. The molecule has 0 spiro atoms. The molecule has 0 saturated heterocycles. The summed E-state index contributed by atoms with van der Waals surface area (Å²) in [5, 5.41) is 0. The number of benzene rings is 1. The van der Waals surface area contributed by atoms with Gasteiger partial charge < -0.3 is 9.47 Å². The molecule has 0 radical (unpaired) electrons. The molecular weight excluding hydrogens is 508 g/mol. The Morgan fingerprint density at radius 1 is 0.707 bits per heavy atom. The molecule has 1 aromatic carbocycles. The molecule has 0 aliphatic heterocycles. The van der Waals surface area contributed by atoms with Gasteiger partial charge in [0.05, 0.1) is 6.61 Å². The van der Waals surface area contributed by atoms with E-state index in [1.807, 2.05) is 27.7 Å². The predicted molar refractivity (Wildman–Crippen MR) is 174 cm³/mol. The van der Waals surface area contributed by atoms with Crippen molar-refractivity contribution in [3.8, 4) is 0 Å². The monoisotopic (exact) mass is 572 g/mol. The van der Waals surface area contributed by atoms with Crippen LogP contribution in [0, 0.1) is 5.92 Å². The first-order chi connectivity index (χ1) is 19.0. The second kappa shape index (κ2) is 16.4. The fraction of sp³-hybridized carbons (Fsp3) is 0.784. The number of hydrogen-bond donors (Lipinski definition) is 0. The molecule has 41 heavy (non-hydrogen) atoms. The van der Waals surface area contributed by atoms with Gasteiger partial charge in [0.25, 0.3) is 0 Å². The highest BCUT2D eigenvalue weighted by atomic mass is 16.5. The first-order valence-corrected chi connectivity index (χ1v) is 16.5. The fourth-order valence-corrected chi connectivity index (χ4v) is 4.86. The van der Waals surface area contributed by atoms with E-state index >= 15 is 0 Å². The zero-order valence-electron chi connectivity index (χ0n) is 28.9. The van der Waals surface area contributed by atoms with Crippen molar-refractivity contribution in [1.29, 1.82) is 0 Å². The molecule has 0 fully saturated rings. The third-order valence-electron chi connectivity index (χ3n) is 9.48. The van der Waals surface area contributed by atoms with Crippen LogP contribution in [-0.2, 0) is 25.1 Å². The summed E-state index contributed by atoms with van der Waals surface area (Å²) >= 11 is 0. The van der Waals surface area contributed by atoms with Gasteiger partial charge in [-0.25, -0.2) is 0 Å². The molecule has 0 aliphatic rings. The van der Waals surface area contributed by atoms with E-state index in [1.165, 1.54) is 24.0 Å². The molecule has 1 unspecified atom stereocenters. The zero-order valence-corrected chi connectivity index (χ0v) is 28.9. The summed E-state index contributed by atoms with van der Waals surface area (Å²) in [4.78, 5) is 26.6. The summed E-state index contributed by atoms with van der Waals surface area (Å²) in [5.74, 6) is 0.716. The summed E-state index contributed by atoms with van der Waals surface area (Å²) in [6, 6.07) is 6.45. The van der Waals surface area contributed by atoms with Crippen molar-refractivity contribution in [1.82, 2.24) is 0 Å². The summed E-state index contributed by atoms with van der Waals surface area (Å²) in [5.41, 5.74) is 1.48. The minimum atomic E-state index is -0.915. The average Bonchev–Trinajstić information content (AvgIpc) is 2.93. The van der Waals surface area contributed by atoms with Crippen molar-refractivity contribution in [2.24, 2.45) is 5.92 Å². The summed E-state index contributed by atoms with van der Waals surface area (Å²) in [6.45, 7) is 26.5. The molecule has 0 heterocycles. The number of unbranched alkanes of at least 4 members (excludes halogenated alkanes) is 3. The van der Waals surface area contributed by atoms with Crippen LogP contribution in [0.15, 0.2) is 18.2 Å². The van der Waals surface area contributed by atoms with Gasteiger partial charge in [-0.3, -0.25) is 9.59 Å². The van der Waals surface area contributed by atoms with E-state index in [1.54, 1.807) is 0 Å². The number of Topliss-reactive ketones (excluding diaryl/α,β-unsaturated/α-hetero) is 2. The van der Waals surface area contributed by atoms with Gasteiger partial charge in [0.15, 0.2) is 11.6 Å². The Balaban J connectivity index is 2.70. The second-order valence-electron chi connectivity index (χ2n) is 14.4. The van der Waals surface area contributed by atoms with Crippen LogP contribution in [0.25, 0.3) is 0 Å². The molecule has 1 aromatic rings. The molecule has 1 rings (SSSR count). The van der Waals surface area contributed by atoms with E-state index in [0.717, 1.165) is 50.5 Å². The Morgan fingerprint density at radius 3 is 1.76 bits per heavy atom. The molecule has 4 nitrogen and oxygen atoms in total. The largest absolute Gasteiger partial charge is 0.368 e. The normalized spacial score (nSPS) is 13.9. The Bertz CT molecular complexity index is 919.